The van der Waals surface area contributed by atoms with Gasteiger partial charge in [-0.15, -0.1) is 0 Å². The van der Waals surface area contributed by atoms with E-state index in [9.17, 15) is 0 Å². The zero-order valence-electron chi connectivity index (χ0n) is 10.8. The van der Waals surface area contributed by atoms with Gasteiger partial charge in [0.15, 0.2) is 6.29 Å². The lowest BCUT2D eigenvalue weighted by Crippen LogP contribution is -2.29. The maximum absolute atomic E-state index is 5.74. The number of fused-ring (bicyclic) bond motifs is 1. The van der Waals surface area contributed by atoms with Crippen molar-refractivity contribution in [3.63, 3.8) is 0 Å². The molecule has 2 aliphatic heterocycles. The molecule has 0 amide bonds. The third-order valence-corrected chi connectivity index (χ3v) is 4.05. The fourth-order valence-electron chi connectivity index (χ4n) is 3.02. The number of hydrogen-bond acceptors (Lipinski definition) is 3. The number of rotatable bonds is 3. The van der Waals surface area contributed by atoms with Gasteiger partial charge in [-0.05, 0) is 42.9 Å². The Morgan fingerprint density at radius 1 is 1.22 bits per heavy atom. The molecular weight excluding hydrogens is 228 g/mol. The van der Waals surface area contributed by atoms with Crippen LogP contribution < -0.4 is 4.74 Å². The predicted octanol–water partition coefficient (Wildman–Crippen LogP) is 2.64. The Balaban J connectivity index is 1.65. The Morgan fingerprint density at radius 3 is 2.83 bits per heavy atom. The SMILES string of the molecule is COc1ccc(C[C@H]2CO[C@H]3OCCC[C@@H]23)cc1. The molecule has 0 radical (unpaired) electrons. The second-order valence-electron chi connectivity index (χ2n) is 5.19. The summed E-state index contributed by atoms with van der Waals surface area (Å²) in [5.41, 5.74) is 1.36. The average molecular weight is 248 g/mol. The molecule has 0 aromatic heterocycles. The van der Waals surface area contributed by atoms with Gasteiger partial charge in [-0.3, -0.25) is 0 Å². The number of ether oxygens (including phenoxy) is 3. The highest BCUT2D eigenvalue weighted by molar-refractivity contribution is 5.27. The van der Waals surface area contributed by atoms with Gasteiger partial charge in [0.1, 0.15) is 5.75 Å². The molecular formula is C15H20O3. The van der Waals surface area contributed by atoms with Crippen LogP contribution >= 0.6 is 0 Å². The van der Waals surface area contributed by atoms with E-state index < -0.39 is 0 Å². The fraction of sp³-hybridized carbons (Fsp3) is 0.600. The second kappa shape index (κ2) is 5.29. The van der Waals surface area contributed by atoms with Gasteiger partial charge < -0.3 is 14.2 Å². The zero-order valence-corrected chi connectivity index (χ0v) is 10.8. The Bertz CT molecular complexity index is 387. The fourth-order valence-corrected chi connectivity index (χ4v) is 3.02. The predicted molar refractivity (Wildman–Crippen MR) is 68.6 cm³/mol. The standard InChI is InChI=1S/C15H20O3/c1-16-13-6-4-11(5-7-13)9-12-10-18-15-14(12)3-2-8-17-15/h4-7,12,14-15H,2-3,8-10H2,1H3/t12-,14-,15+/m0/s1. The van der Waals surface area contributed by atoms with Crippen LogP contribution in [-0.4, -0.2) is 26.6 Å². The summed E-state index contributed by atoms with van der Waals surface area (Å²) in [7, 11) is 1.70. The van der Waals surface area contributed by atoms with E-state index >= 15 is 0 Å². The number of hydrogen-bond donors (Lipinski definition) is 0. The lowest BCUT2D eigenvalue weighted by molar-refractivity contribution is -0.151. The van der Waals surface area contributed by atoms with E-state index in [2.05, 4.69) is 12.1 Å². The van der Waals surface area contributed by atoms with Gasteiger partial charge in [-0.1, -0.05) is 12.1 Å². The molecule has 3 rings (SSSR count). The molecule has 2 heterocycles. The molecule has 3 nitrogen and oxygen atoms in total. The zero-order chi connectivity index (χ0) is 12.4. The van der Waals surface area contributed by atoms with Crippen molar-refractivity contribution in [3.05, 3.63) is 29.8 Å². The van der Waals surface area contributed by atoms with Crippen LogP contribution in [0.15, 0.2) is 24.3 Å². The minimum Gasteiger partial charge on any atom is -0.497 e. The molecule has 3 heteroatoms. The normalized spacial score (nSPS) is 31.1. The van der Waals surface area contributed by atoms with Crippen LogP contribution in [0.3, 0.4) is 0 Å². The van der Waals surface area contributed by atoms with Gasteiger partial charge in [-0.25, -0.2) is 0 Å². The van der Waals surface area contributed by atoms with Crippen molar-refractivity contribution in [2.75, 3.05) is 20.3 Å². The van der Waals surface area contributed by atoms with Crippen molar-refractivity contribution in [2.45, 2.75) is 25.6 Å². The van der Waals surface area contributed by atoms with Crippen LogP contribution in [0.2, 0.25) is 0 Å². The first-order chi connectivity index (χ1) is 8.86. The molecule has 0 unspecified atom stereocenters. The molecule has 1 aromatic rings. The quantitative estimate of drug-likeness (QED) is 0.823. The van der Waals surface area contributed by atoms with Gasteiger partial charge in [0.05, 0.1) is 13.7 Å². The molecule has 1 aromatic carbocycles. The van der Waals surface area contributed by atoms with Crippen molar-refractivity contribution in [2.24, 2.45) is 11.8 Å². The van der Waals surface area contributed by atoms with Crippen LogP contribution in [0, 0.1) is 11.8 Å². The van der Waals surface area contributed by atoms with Crippen LogP contribution in [-0.2, 0) is 15.9 Å². The van der Waals surface area contributed by atoms with E-state index in [1.165, 1.54) is 18.4 Å². The van der Waals surface area contributed by atoms with Gasteiger partial charge >= 0.3 is 0 Å². The summed E-state index contributed by atoms with van der Waals surface area (Å²) < 4.78 is 16.6. The van der Waals surface area contributed by atoms with E-state index in [1.54, 1.807) is 7.11 Å². The molecule has 0 bridgehead atoms. The molecule has 2 saturated heterocycles. The maximum atomic E-state index is 5.74. The third-order valence-electron chi connectivity index (χ3n) is 4.05. The summed E-state index contributed by atoms with van der Waals surface area (Å²) >= 11 is 0. The molecule has 18 heavy (non-hydrogen) atoms. The molecule has 0 N–H and O–H groups in total. The molecule has 98 valence electrons. The Labute approximate surface area is 108 Å². The smallest absolute Gasteiger partial charge is 0.160 e. The number of benzene rings is 1. The van der Waals surface area contributed by atoms with Crippen LogP contribution in [0.4, 0.5) is 0 Å². The second-order valence-corrected chi connectivity index (χ2v) is 5.19. The summed E-state index contributed by atoms with van der Waals surface area (Å²) in [6.45, 7) is 1.69. The molecule has 3 atom stereocenters. The van der Waals surface area contributed by atoms with E-state index in [0.717, 1.165) is 25.4 Å². The maximum Gasteiger partial charge on any atom is 0.160 e. The third kappa shape index (κ3) is 2.38. The monoisotopic (exact) mass is 248 g/mol. The summed E-state index contributed by atoms with van der Waals surface area (Å²) in [5.74, 6) is 2.10. The minimum atomic E-state index is 0.0574. The van der Waals surface area contributed by atoms with Crippen LogP contribution in [0.1, 0.15) is 18.4 Å². The molecule has 2 fully saturated rings. The highest BCUT2D eigenvalue weighted by atomic mass is 16.7. The van der Waals surface area contributed by atoms with Gasteiger partial charge in [0.2, 0.25) is 0 Å². The van der Waals surface area contributed by atoms with E-state index in [-0.39, 0.29) is 6.29 Å². The van der Waals surface area contributed by atoms with Crippen molar-refractivity contribution in [3.8, 4) is 5.75 Å². The Morgan fingerprint density at radius 2 is 2.06 bits per heavy atom. The van der Waals surface area contributed by atoms with Crippen molar-refractivity contribution >= 4 is 0 Å². The van der Waals surface area contributed by atoms with Crippen molar-refractivity contribution < 1.29 is 14.2 Å². The van der Waals surface area contributed by atoms with Gasteiger partial charge in [-0.2, -0.15) is 0 Å². The molecule has 2 aliphatic rings. The summed E-state index contributed by atoms with van der Waals surface area (Å²) in [6.07, 6.45) is 3.55. The van der Waals surface area contributed by atoms with Gasteiger partial charge in [0, 0.05) is 12.5 Å². The van der Waals surface area contributed by atoms with E-state index in [0.29, 0.717) is 11.8 Å². The lowest BCUT2D eigenvalue weighted by atomic mass is 9.85. The number of methoxy groups -OCH3 is 1. The first-order valence-corrected chi connectivity index (χ1v) is 6.73. The van der Waals surface area contributed by atoms with Crippen molar-refractivity contribution in [1.82, 2.24) is 0 Å². The largest absolute Gasteiger partial charge is 0.497 e. The van der Waals surface area contributed by atoms with Gasteiger partial charge in [0.25, 0.3) is 0 Å². The Kier molecular flexibility index (Phi) is 3.52. The lowest BCUT2D eigenvalue weighted by Gasteiger charge is -2.27. The summed E-state index contributed by atoms with van der Waals surface area (Å²) in [4.78, 5) is 0. The van der Waals surface area contributed by atoms with Crippen molar-refractivity contribution in [1.29, 1.82) is 0 Å². The first kappa shape index (κ1) is 12.0. The summed E-state index contributed by atoms with van der Waals surface area (Å²) in [5, 5.41) is 0. The van der Waals surface area contributed by atoms with Crippen LogP contribution in [0.25, 0.3) is 0 Å². The molecule has 0 saturated carbocycles. The van der Waals surface area contributed by atoms with E-state index in [1.807, 2.05) is 12.1 Å². The first-order valence-electron chi connectivity index (χ1n) is 6.73. The highest BCUT2D eigenvalue weighted by Crippen LogP contribution is 2.36. The minimum absolute atomic E-state index is 0.0574. The topological polar surface area (TPSA) is 27.7 Å². The highest BCUT2D eigenvalue weighted by Gasteiger charge is 2.39. The molecule has 0 aliphatic carbocycles. The molecule has 0 spiro atoms. The average Bonchev–Trinajstić information content (AvgIpc) is 2.83. The Hall–Kier alpha value is -1.06. The van der Waals surface area contributed by atoms with E-state index in [4.69, 9.17) is 14.2 Å². The summed E-state index contributed by atoms with van der Waals surface area (Å²) in [6, 6.07) is 8.35. The van der Waals surface area contributed by atoms with Crippen LogP contribution in [0.5, 0.6) is 5.75 Å².